The minimum Gasteiger partial charge on any atom is -0.504 e. The van der Waals surface area contributed by atoms with Gasteiger partial charge in [0, 0.05) is 12.0 Å². The largest absolute Gasteiger partial charge is 0.504 e. The third-order valence-electron chi connectivity index (χ3n) is 2.78. The fourth-order valence-electron chi connectivity index (χ4n) is 1.89. The summed E-state index contributed by atoms with van der Waals surface area (Å²) in [6, 6.07) is 4.64. The molecule has 0 bridgehead atoms. The second-order valence-electron chi connectivity index (χ2n) is 4.21. The fraction of sp³-hybridized carbons (Fsp3) is 0.417. The van der Waals surface area contributed by atoms with Gasteiger partial charge in [-0.3, -0.25) is 10.1 Å². The van der Waals surface area contributed by atoms with Crippen LogP contribution >= 0.6 is 0 Å². The summed E-state index contributed by atoms with van der Waals surface area (Å²) < 4.78 is 5.72. The summed E-state index contributed by atoms with van der Waals surface area (Å²) in [6.07, 6.45) is 2.66. The molecule has 1 heterocycles. The van der Waals surface area contributed by atoms with Gasteiger partial charge < -0.3 is 9.84 Å². The van der Waals surface area contributed by atoms with Crippen molar-refractivity contribution in [2.45, 2.75) is 25.5 Å². The van der Waals surface area contributed by atoms with Gasteiger partial charge in [-0.1, -0.05) is 0 Å². The average Bonchev–Trinajstić information content (AvgIpc) is 2.68. The van der Waals surface area contributed by atoms with Crippen molar-refractivity contribution >= 4 is 6.29 Å². The van der Waals surface area contributed by atoms with Gasteiger partial charge in [0.25, 0.3) is 0 Å². The minimum atomic E-state index is -0.416. The Bertz CT molecular complexity index is 397. The summed E-state index contributed by atoms with van der Waals surface area (Å²) in [6.45, 7) is 2.87. The number of hydrogen-bond donors (Lipinski definition) is 2. The molecule has 2 rings (SSSR count). The number of rotatable bonds is 3. The molecule has 16 heavy (non-hydrogen) atoms. The zero-order valence-corrected chi connectivity index (χ0v) is 9.19. The van der Waals surface area contributed by atoms with Gasteiger partial charge >= 0.3 is 0 Å². The van der Waals surface area contributed by atoms with Crippen LogP contribution in [0.4, 0.5) is 0 Å². The fourth-order valence-corrected chi connectivity index (χ4v) is 1.89. The Morgan fingerprint density at radius 1 is 1.56 bits per heavy atom. The van der Waals surface area contributed by atoms with Crippen molar-refractivity contribution in [3.8, 4) is 11.5 Å². The molecule has 0 amide bonds. The molecule has 1 aromatic carbocycles. The molecule has 1 atom stereocenters. The maximum Gasteiger partial charge on any atom is 0.163 e. The number of aromatic hydroxyl groups is 1. The predicted octanol–water partition coefficient (Wildman–Crippen LogP) is 1.68. The summed E-state index contributed by atoms with van der Waals surface area (Å²) in [7, 11) is 0. The SMILES string of the molecule is C[C@@]1(Oc2ccc(C=O)cc2O)CCCN1. The molecule has 0 saturated carbocycles. The van der Waals surface area contributed by atoms with E-state index >= 15 is 0 Å². The van der Waals surface area contributed by atoms with Crippen molar-refractivity contribution in [1.29, 1.82) is 0 Å². The molecule has 1 aromatic rings. The van der Waals surface area contributed by atoms with Crippen LogP contribution in [0.5, 0.6) is 11.5 Å². The third-order valence-corrected chi connectivity index (χ3v) is 2.78. The van der Waals surface area contributed by atoms with Crippen LogP contribution in [0, 0.1) is 0 Å². The van der Waals surface area contributed by atoms with Gasteiger partial charge in [0.05, 0.1) is 0 Å². The number of phenolic OH excluding ortho intramolecular Hbond substituents is 1. The smallest absolute Gasteiger partial charge is 0.163 e. The molecule has 4 nitrogen and oxygen atoms in total. The monoisotopic (exact) mass is 221 g/mol. The molecule has 1 fully saturated rings. The van der Waals surface area contributed by atoms with E-state index in [1.807, 2.05) is 6.92 Å². The number of carbonyl (C=O) groups is 1. The van der Waals surface area contributed by atoms with E-state index in [0.717, 1.165) is 19.4 Å². The molecule has 4 heteroatoms. The second-order valence-corrected chi connectivity index (χ2v) is 4.21. The van der Waals surface area contributed by atoms with Crippen LogP contribution in [-0.4, -0.2) is 23.7 Å². The molecule has 1 aliphatic heterocycles. The summed E-state index contributed by atoms with van der Waals surface area (Å²) >= 11 is 0. The molecule has 1 saturated heterocycles. The Kier molecular flexibility index (Phi) is 2.83. The van der Waals surface area contributed by atoms with Crippen LogP contribution in [-0.2, 0) is 0 Å². The minimum absolute atomic E-state index is 0.000440. The van der Waals surface area contributed by atoms with E-state index in [2.05, 4.69) is 5.32 Å². The topological polar surface area (TPSA) is 58.6 Å². The van der Waals surface area contributed by atoms with Crippen LogP contribution in [0.2, 0.25) is 0 Å². The maximum absolute atomic E-state index is 10.5. The molecular formula is C12H15NO3. The van der Waals surface area contributed by atoms with Crippen molar-refractivity contribution in [1.82, 2.24) is 5.32 Å². The molecule has 2 N–H and O–H groups in total. The van der Waals surface area contributed by atoms with Gasteiger partial charge in [0.15, 0.2) is 17.2 Å². The Balaban J connectivity index is 2.18. The van der Waals surface area contributed by atoms with Crippen molar-refractivity contribution in [2.75, 3.05) is 6.54 Å². The highest BCUT2D eigenvalue weighted by atomic mass is 16.5. The lowest BCUT2D eigenvalue weighted by atomic mass is 10.2. The summed E-state index contributed by atoms with van der Waals surface area (Å²) in [5.74, 6) is 0.405. The van der Waals surface area contributed by atoms with Crippen LogP contribution < -0.4 is 10.1 Å². The van der Waals surface area contributed by atoms with Crippen molar-refractivity contribution in [2.24, 2.45) is 0 Å². The molecule has 0 unspecified atom stereocenters. The Hall–Kier alpha value is -1.55. The molecule has 1 aliphatic rings. The number of hydrogen-bond acceptors (Lipinski definition) is 4. The Morgan fingerprint density at radius 2 is 2.38 bits per heavy atom. The van der Waals surface area contributed by atoms with Crippen molar-refractivity contribution in [3.05, 3.63) is 23.8 Å². The summed E-state index contributed by atoms with van der Waals surface area (Å²) in [5.41, 5.74) is 0.0228. The van der Waals surface area contributed by atoms with Gasteiger partial charge in [-0.15, -0.1) is 0 Å². The highest BCUT2D eigenvalue weighted by molar-refractivity contribution is 5.76. The maximum atomic E-state index is 10.5. The summed E-state index contributed by atoms with van der Waals surface area (Å²) in [5, 5.41) is 12.9. The summed E-state index contributed by atoms with van der Waals surface area (Å²) in [4.78, 5) is 10.5. The highest BCUT2D eigenvalue weighted by Crippen LogP contribution is 2.31. The van der Waals surface area contributed by atoms with Gasteiger partial charge in [0.2, 0.25) is 0 Å². The van der Waals surface area contributed by atoms with E-state index in [0.29, 0.717) is 17.6 Å². The number of carbonyl (C=O) groups excluding carboxylic acids is 1. The lowest BCUT2D eigenvalue weighted by Crippen LogP contribution is -2.42. The van der Waals surface area contributed by atoms with E-state index in [9.17, 15) is 9.90 Å². The lowest BCUT2D eigenvalue weighted by Gasteiger charge is -2.26. The number of aldehydes is 1. The second kappa shape index (κ2) is 4.14. The predicted molar refractivity (Wildman–Crippen MR) is 59.8 cm³/mol. The molecular weight excluding hydrogens is 206 g/mol. The number of ether oxygens (including phenoxy) is 1. The van der Waals surface area contributed by atoms with Crippen LogP contribution in [0.25, 0.3) is 0 Å². The van der Waals surface area contributed by atoms with Crippen LogP contribution in [0.3, 0.4) is 0 Å². The van der Waals surface area contributed by atoms with Gasteiger partial charge in [0.1, 0.15) is 6.29 Å². The first kappa shape index (κ1) is 11.0. The molecule has 0 spiro atoms. The zero-order valence-electron chi connectivity index (χ0n) is 9.19. The van der Waals surface area contributed by atoms with Gasteiger partial charge in [-0.05, 0) is 38.1 Å². The van der Waals surface area contributed by atoms with E-state index in [4.69, 9.17) is 4.74 Å². The third kappa shape index (κ3) is 2.17. The van der Waals surface area contributed by atoms with Gasteiger partial charge in [-0.25, -0.2) is 0 Å². The number of benzene rings is 1. The van der Waals surface area contributed by atoms with Crippen LogP contribution in [0.15, 0.2) is 18.2 Å². The molecule has 0 aliphatic carbocycles. The quantitative estimate of drug-likeness (QED) is 0.762. The Labute approximate surface area is 94.2 Å². The zero-order chi connectivity index (χ0) is 11.6. The van der Waals surface area contributed by atoms with E-state index in [-0.39, 0.29) is 5.75 Å². The number of nitrogens with one attached hydrogen (secondary N) is 1. The first-order valence-corrected chi connectivity index (χ1v) is 5.35. The molecule has 0 radical (unpaired) electrons. The number of phenols is 1. The lowest BCUT2D eigenvalue weighted by molar-refractivity contribution is 0.0699. The molecule has 86 valence electrons. The first-order chi connectivity index (χ1) is 7.63. The van der Waals surface area contributed by atoms with E-state index in [1.54, 1.807) is 12.1 Å². The van der Waals surface area contributed by atoms with E-state index < -0.39 is 5.72 Å². The molecule has 0 aromatic heterocycles. The Morgan fingerprint density at radius 3 is 2.94 bits per heavy atom. The standard InChI is InChI=1S/C12H15NO3/c1-12(5-2-6-13-12)16-11-4-3-9(8-14)7-10(11)15/h3-4,7-8,13,15H,2,5-6H2,1H3/t12-/m1/s1. The van der Waals surface area contributed by atoms with Crippen molar-refractivity contribution < 1.29 is 14.6 Å². The van der Waals surface area contributed by atoms with Crippen molar-refractivity contribution in [3.63, 3.8) is 0 Å². The first-order valence-electron chi connectivity index (χ1n) is 5.35. The average molecular weight is 221 g/mol. The van der Waals surface area contributed by atoms with Gasteiger partial charge in [-0.2, -0.15) is 0 Å². The van der Waals surface area contributed by atoms with E-state index in [1.165, 1.54) is 6.07 Å². The highest BCUT2D eigenvalue weighted by Gasteiger charge is 2.30. The normalized spacial score (nSPS) is 24.3. The van der Waals surface area contributed by atoms with Crippen LogP contribution in [0.1, 0.15) is 30.1 Å².